The number of esters is 2. The number of hydrogen-bond donors (Lipinski definition) is 2. The zero-order chi connectivity index (χ0) is 29.5. The van der Waals surface area contributed by atoms with Gasteiger partial charge in [0, 0.05) is 9.90 Å². The number of fused-ring (bicyclic) bond motifs is 1. The van der Waals surface area contributed by atoms with E-state index in [9.17, 15) is 19.2 Å². The maximum atomic E-state index is 12.6. The Morgan fingerprint density at radius 1 is 1.07 bits per heavy atom. The minimum absolute atomic E-state index is 0.179. The number of nitrogens with zero attached hydrogens (tertiary/aromatic N) is 1. The van der Waals surface area contributed by atoms with E-state index in [1.165, 1.54) is 30.7 Å². The predicted molar refractivity (Wildman–Crippen MR) is 155 cm³/mol. The number of rotatable bonds is 8. The van der Waals surface area contributed by atoms with E-state index in [-0.39, 0.29) is 18.1 Å². The van der Waals surface area contributed by atoms with Crippen molar-refractivity contribution in [2.24, 2.45) is 11.0 Å². The molecule has 41 heavy (non-hydrogen) atoms. The topological polar surface area (TPSA) is 132 Å². The van der Waals surface area contributed by atoms with Gasteiger partial charge in [-0.2, -0.15) is 5.10 Å². The molecule has 1 heterocycles. The number of halogens is 1. The van der Waals surface area contributed by atoms with Crippen molar-refractivity contribution in [3.8, 4) is 11.5 Å². The van der Waals surface area contributed by atoms with Crippen molar-refractivity contribution >= 4 is 57.9 Å². The van der Waals surface area contributed by atoms with Crippen molar-refractivity contribution in [2.45, 2.75) is 33.1 Å². The highest BCUT2D eigenvalue weighted by Gasteiger charge is 2.30. The molecule has 0 saturated heterocycles. The van der Waals surface area contributed by atoms with Gasteiger partial charge in [0.25, 0.3) is 0 Å². The first-order chi connectivity index (χ1) is 19.7. The van der Waals surface area contributed by atoms with Crippen LogP contribution in [-0.2, 0) is 27.2 Å². The van der Waals surface area contributed by atoms with Crippen LogP contribution in [0.3, 0.4) is 0 Å². The lowest BCUT2D eigenvalue weighted by molar-refractivity contribution is -0.136. The molecule has 0 bridgehead atoms. The summed E-state index contributed by atoms with van der Waals surface area (Å²) in [6.07, 6.45) is 3.72. The molecule has 12 heteroatoms. The number of ether oxygens (including phenoxy) is 3. The van der Waals surface area contributed by atoms with Crippen LogP contribution in [0.25, 0.3) is 0 Å². The summed E-state index contributed by atoms with van der Waals surface area (Å²) >= 11 is 7.15. The van der Waals surface area contributed by atoms with E-state index in [4.69, 9.17) is 25.8 Å². The molecule has 1 atom stereocenters. The molecule has 2 N–H and O–H groups in total. The van der Waals surface area contributed by atoms with Crippen molar-refractivity contribution in [1.29, 1.82) is 0 Å². The maximum Gasteiger partial charge on any atom is 0.343 e. The van der Waals surface area contributed by atoms with Crippen LogP contribution in [-0.4, -0.2) is 43.7 Å². The second-order valence-electron chi connectivity index (χ2n) is 9.24. The molecule has 2 aromatic carbocycles. The second kappa shape index (κ2) is 13.4. The van der Waals surface area contributed by atoms with Crippen LogP contribution in [0.15, 0.2) is 47.6 Å². The lowest BCUT2D eigenvalue weighted by Gasteiger charge is -2.18. The normalized spacial score (nSPS) is 14.2. The molecule has 0 radical (unpaired) electrons. The molecule has 1 aliphatic rings. The Balaban J connectivity index is 1.40. The minimum Gasteiger partial charge on any atom is -0.493 e. The van der Waals surface area contributed by atoms with E-state index in [2.05, 4.69) is 22.8 Å². The summed E-state index contributed by atoms with van der Waals surface area (Å²) in [7, 11) is 1.41. The number of thiophene rings is 1. The third-order valence-electron chi connectivity index (χ3n) is 6.27. The average molecular weight is 598 g/mol. The van der Waals surface area contributed by atoms with E-state index in [0.717, 1.165) is 23.3 Å². The van der Waals surface area contributed by atoms with E-state index < -0.39 is 23.8 Å². The number of anilines is 1. The third-order valence-corrected chi connectivity index (χ3v) is 7.70. The van der Waals surface area contributed by atoms with Crippen molar-refractivity contribution < 1.29 is 33.4 Å². The molecule has 1 aliphatic carbocycles. The zero-order valence-electron chi connectivity index (χ0n) is 22.6. The number of benzene rings is 2. The number of hydrazone groups is 1. The summed E-state index contributed by atoms with van der Waals surface area (Å²) in [6.45, 7) is 4.03. The van der Waals surface area contributed by atoms with Crippen LogP contribution in [0, 0.1) is 5.92 Å². The smallest absolute Gasteiger partial charge is 0.343 e. The van der Waals surface area contributed by atoms with Crippen molar-refractivity contribution in [2.75, 3.05) is 19.0 Å². The molecule has 1 unspecified atom stereocenters. The Bertz CT molecular complexity index is 1500. The number of amides is 2. The molecule has 10 nitrogen and oxygen atoms in total. The van der Waals surface area contributed by atoms with Crippen molar-refractivity contribution in [3.63, 3.8) is 0 Å². The van der Waals surface area contributed by atoms with Gasteiger partial charge in [0.05, 0.1) is 31.1 Å². The fraction of sp³-hybridized carbons (Fsp3) is 0.276. The van der Waals surface area contributed by atoms with Crippen molar-refractivity contribution in [3.05, 3.63) is 74.6 Å². The van der Waals surface area contributed by atoms with Gasteiger partial charge < -0.3 is 19.5 Å². The summed E-state index contributed by atoms with van der Waals surface area (Å²) < 4.78 is 15.9. The van der Waals surface area contributed by atoms with Crippen LogP contribution in [0.4, 0.5) is 5.00 Å². The van der Waals surface area contributed by atoms with Gasteiger partial charge in [0.2, 0.25) is 0 Å². The Hall–Kier alpha value is -4.22. The summed E-state index contributed by atoms with van der Waals surface area (Å²) in [6, 6.07) is 10.9. The molecule has 0 saturated carbocycles. The molecule has 214 valence electrons. The molecule has 2 amide bonds. The molecule has 3 aromatic rings. The fourth-order valence-corrected chi connectivity index (χ4v) is 5.75. The SMILES string of the molecule is CCOC(=O)c1c(NC(=O)C(=O)NN=Cc2ccc(OC(=O)c3ccc(Cl)cc3)c(OC)c2)sc2c1CCC(C)C2. The largest absolute Gasteiger partial charge is 0.493 e. The Morgan fingerprint density at radius 3 is 2.54 bits per heavy atom. The summed E-state index contributed by atoms with van der Waals surface area (Å²) in [5.41, 5.74) is 4.17. The standard InChI is InChI=1S/C29H28ClN3O7S/c1-4-39-29(37)24-20-11-5-16(2)13-23(20)41-27(24)32-25(34)26(35)33-31-15-17-6-12-21(22(14-17)38-3)40-28(36)18-7-9-19(30)10-8-18/h6-10,12,14-16H,4-5,11,13H2,1-3H3,(H,32,34)(H,33,35). The first-order valence-electron chi connectivity index (χ1n) is 12.8. The van der Waals surface area contributed by atoms with Gasteiger partial charge >= 0.3 is 23.8 Å². The van der Waals surface area contributed by atoms with E-state index >= 15 is 0 Å². The molecule has 0 aliphatic heterocycles. The summed E-state index contributed by atoms with van der Waals surface area (Å²) in [4.78, 5) is 51.2. The number of carbonyl (C=O) groups excluding carboxylic acids is 4. The predicted octanol–water partition coefficient (Wildman–Crippen LogP) is 5.02. The van der Waals surface area contributed by atoms with Gasteiger partial charge in [-0.3, -0.25) is 9.59 Å². The zero-order valence-corrected chi connectivity index (χ0v) is 24.2. The Morgan fingerprint density at radius 2 is 1.83 bits per heavy atom. The first kappa shape index (κ1) is 29.8. The number of methoxy groups -OCH3 is 1. The van der Waals surface area contributed by atoms with Gasteiger partial charge in [0.15, 0.2) is 11.5 Å². The number of carbonyl (C=O) groups is 4. The number of hydrogen-bond acceptors (Lipinski definition) is 9. The molecule has 0 spiro atoms. The van der Waals surface area contributed by atoms with Gasteiger partial charge in [-0.25, -0.2) is 15.0 Å². The average Bonchev–Trinajstić information content (AvgIpc) is 3.30. The highest BCUT2D eigenvalue weighted by Crippen LogP contribution is 2.40. The molecular weight excluding hydrogens is 570 g/mol. The third kappa shape index (κ3) is 7.30. The quantitative estimate of drug-likeness (QED) is 0.122. The lowest BCUT2D eigenvalue weighted by Crippen LogP contribution is -2.32. The van der Waals surface area contributed by atoms with Crippen LogP contribution in [0.5, 0.6) is 11.5 Å². The van der Waals surface area contributed by atoms with Crippen LogP contribution in [0.2, 0.25) is 5.02 Å². The summed E-state index contributed by atoms with van der Waals surface area (Å²) in [5.74, 6) is -2.21. The molecule has 4 rings (SSSR count). The molecule has 1 aromatic heterocycles. The molecule has 0 fully saturated rings. The van der Waals surface area contributed by atoms with Crippen LogP contribution in [0.1, 0.15) is 57.0 Å². The number of nitrogens with one attached hydrogen (secondary N) is 2. The highest BCUT2D eigenvalue weighted by molar-refractivity contribution is 7.17. The Labute approximate surface area is 245 Å². The lowest BCUT2D eigenvalue weighted by atomic mass is 9.88. The van der Waals surface area contributed by atoms with E-state index in [1.54, 1.807) is 43.3 Å². The van der Waals surface area contributed by atoms with E-state index in [1.807, 2.05) is 0 Å². The van der Waals surface area contributed by atoms with E-state index in [0.29, 0.717) is 39.1 Å². The second-order valence-corrected chi connectivity index (χ2v) is 10.8. The van der Waals surface area contributed by atoms with Gasteiger partial charge in [-0.15, -0.1) is 11.3 Å². The Kier molecular flexibility index (Phi) is 9.74. The van der Waals surface area contributed by atoms with Gasteiger partial charge in [-0.05, 0) is 85.7 Å². The minimum atomic E-state index is -1.02. The first-order valence-corrected chi connectivity index (χ1v) is 14.0. The van der Waals surface area contributed by atoms with Crippen LogP contribution >= 0.6 is 22.9 Å². The maximum absolute atomic E-state index is 12.6. The van der Waals surface area contributed by atoms with Gasteiger partial charge in [-0.1, -0.05) is 18.5 Å². The monoisotopic (exact) mass is 597 g/mol. The highest BCUT2D eigenvalue weighted by atomic mass is 35.5. The summed E-state index contributed by atoms with van der Waals surface area (Å²) in [5, 5.41) is 7.17. The fourth-order valence-electron chi connectivity index (χ4n) is 4.23. The molecular formula is C29H28ClN3O7S. The van der Waals surface area contributed by atoms with Crippen molar-refractivity contribution in [1.82, 2.24) is 5.43 Å². The van der Waals surface area contributed by atoms with Gasteiger partial charge in [0.1, 0.15) is 5.00 Å². The van der Waals surface area contributed by atoms with Crippen LogP contribution < -0.4 is 20.2 Å².